The van der Waals surface area contributed by atoms with Gasteiger partial charge >= 0.3 is 6.09 Å². The molecule has 2 aromatic carbocycles. The maximum absolute atomic E-state index is 11.9. The second-order valence-electron chi connectivity index (χ2n) is 7.99. The number of amides is 1. The van der Waals surface area contributed by atoms with Gasteiger partial charge in [-0.25, -0.2) is 4.79 Å². The van der Waals surface area contributed by atoms with Crippen LogP contribution in [0.3, 0.4) is 0 Å². The van der Waals surface area contributed by atoms with Crippen molar-refractivity contribution in [1.82, 2.24) is 9.88 Å². The molecule has 0 unspecified atom stereocenters. The summed E-state index contributed by atoms with van der Waals surface area (Å²) in [5.74, 6) is 6.47. The lowest BCUT2D eigenvalue weighted by Crippen LogP contribution is -2.42. The Morgan fingerprint density at radius 1 is 1.22 bits per heavy atom. The van der Waals surface area contributed by atoms with Gasteiger partial charge in [0.1, 0.15) is 0 Å². The summed E-state index contributed by atoms with van der Waals surface area (Å²) < 4.78 is 5.39. The zero-order valence-electron chi connectivity index (χ0n) is 18.4. The number of aromatic nitrogens is 1. The third kappa shape index (κ3) is 5.06. The number of fused-ring (bicyclic) bond motifs is 1. The molecule has 1 aromatic heterocycles. The minimum absolute atomic E-state index is 0.00494. The van der Waals surface area contributed by atoms with Gasteiger partial charge in [0.25, 0.3) is 0 Å². The Morgan fingerprint density at radius 3 is 2.72 bits per heavy atom. The fourth-order valence-corrected chi connectivity index (χ4v) is 4.26. The SMILES string of the molecule is CCc1c(C#CCNc2ccccc2)[nH]c2cc(CN(C(=O)O)C3CCOCC3)ccc12. The standard InChI is InChI=1S/C26H29N3O3/c1-2-22-23-11-10-19(18-29(26(30)31)21-12-15-32-16-13-21)17-25(23)28-24(22)9-6-14-27-20-7-4-3-5-8-20/h3-5,7-8,10-11,17,21,27-28H,2,12-16,18H2,1H3,(H,30,31). The lowest BCUT2D eigenvalue weighted by Gasteiger charge is -2.32. The molecule has 1 aliphatic rings. The van der Waals surface area contributed by atoms with Crippen molar-refractivity contribution in [2.75, 3.05) is 25.1 Å². The van der Waals surface area contributed by atoms with Crippen molar-refractivity contribution in [3.8, 4) is 11.8 Å². The molecule has 32 heavy (non-hydrogen) atoms. The number of nitrogens with zero attached hydrogens (tertiary/aromatic N) is 1. The van der Waals surface area contributed by atoms with Crippen LogP contribution in [0, 0.1) is 11.8 Å². The number of carboxylic acid groups (broad SMARTS) is 1. The first-order valence-electron chi connectivity index (χ1n) is 11.1. The molecular weight excluding hydrogens is 402 g/mol. The second-order valence-corrected chi connectivity index (χ2v) is 7.99. The van der Waals surface area contributed by atoms with Crippen molar-refractivity contribution in [1.29, 1.82) is 0 Å². The zero-order chi connectivity index (χ0) is 22.3. The van der Waals surface area contributed by atoms with Crippen LogP contribution in [-0.4, -0.2) is 46.9 Å². The minimum atomic E-state index is -0.879. The number of ether oxygens (including phenoxy) is 1. The fraction of sp³-hybridized carbons (Fsp3) is 0.346. The fourth-order valence-electron chi connectivity index (χ4n) is 4.26. The third-order valence-electron chi connectivity index (χ3n) is 5.92. The van der Waals surface area contributed by atoms with E-state index >= 15 is 0 Å². The van der Waals surface area contributed by atoms with Crippen molar-refractivity contribution in [2.45, 2.75) is 38.8 Å². The molecule has 1 saturated heterocycles. The van der Waals surface area contributed by atoms with Gasteiger partial charge in [0, 0.05) is 42.4 Å². The smallest absolute Gasteiger partial charge is 0.407 e. The van der Waals surface area contributed by atoms with Crippen LogP contribution < -0.4 is 5.32 Å². The maximum atomic E-state index is 11.9. The van der Waals surface area contributed by atoms with Gasteiger partial charge in [-0.2, -0.15) is 0 Å². The van der Waals surface area contributed by atoms with Crippen LogP contribution >= 0.6 is 0 Å². The monoisotopic (exact) mass is 431 g/mol. The molecule has 2 heterocycles. The van der Waals surface area contributed by atoms with Crippen LogP contribution in [0.1, 0.15) is 36.6 Å². The molecule has 0 bridgehead atoms. The molecular formula is C26H29N3O3. The van der Waals surface area contributed by atoms with E-state index in [-0.39, 0.29) is 6.04 Å². The quantitative estimate of drug-likeness (QED) is 0.488. The van der Waals surface area contributed by atoms with Crippen LogP contribution in [0.5, 0.6) is 0 Å². The summed E-state index contributed by atoms with van der Waals surface area (Å²) in [5, 5.41) is 14.2. The number of anilines is 1. The van der Waals surface area contributed by atoms with Gasteiger partial charge in [0.2, 0.25) is 0 Å². The van der Waals surface area contributed by atoms with E-state index in [1.807, 2.05) is 36.4 Å². The van der Waals surface area contributed by atoms with Crippen molar-refractivity contribution >= 4 is 22.7 Å². The molecule has 0 aliphatic carbocycles. The number of hydrogen-bond acceptors (Lipinski definition) is 3. The summed E-state index contributed by atoms with van der Waals surface area (Å²) in [6.07, 6.45) is 1.48. The first-order chi connectivity index (χ1) is 15.7. The number of aryl methyl sites for hydroxylation is 1. The highest BCUT2D eigenvalue weighted by atomic mass is 16.5. The second kappa shape index (κ2) is 10.3. The van der Waals surface area contributed by atoms with Gasteiger partial charge in [-0.15, -0.1) is 0 Å². The first-order valence-corrected chi connectivity index (χ1v) is 11.1. The number of aromatic amines is 1. The first kappa shape index (κ1) is 21.8. The average molecular weight is 432 g/mol. The van der Waals surface area contributed by atoms with Crippen LogP contribution in [0.15, 0.2) is 48.5 Å². The molecule has 0 spiro atoms. The Bertz CT molecular complexity index is 1120. The lowest BCUT2D eigenvalue weighted by molar-refractivity contribution is 0.0332. The number of para-hydroxylation sites is 1. The molecule has 3 N–H and O–H groups in total. The van der Waals surface area contributed by atoms with E-state index in [0.717, 1.165) is 47.1 Å². The van der Waals surface area contributed by atoms with E-state index in [4.69, 9.17) is 4.74 Å². The van der Waals surface area contributed by atoms with Gasteiger partial charge in [0.05, 0.1) is 12.2 Å². The maximum Gasteiger partial charge on any atom is 0.407 e. The molecule has 4 rings (SSSR count). The van der Waals surface area contributed by atoms with E-state index < -0.39 is 6.09 Å². The van der Waals surface area contributed by atoms with Crippen molar-refractivity contribution in [3.63, 3.8) is 0 Å². The predicted octanol–water partition coefficient (Wildman–Crippen LogP) is 4.85. The molecule has 0 radical (unpaired) electrons. The number of benzene rings is 2. The van der Waals surface area contributed by atoms with E-state index in [0.29, 0.717) is 26.3 Å². The highest BCUT2D eigenvalue weighted by Crippen LogP contribution is 2.25. The van der Waals surface area contributed by atoms with Gasteiger partial charge in [-0.1, -0.05) is 43.2 Å². The Balaban J connectivity index is 1.51. The van der Waals surface area contributed by atoms with E-state index in [1.165, 1.54) is 5.56 Å². The Hall–Kier alpha value is -3.43. The molecule has 1 fully saturated rings. The van der Waals surface area contributed by atoms with Gasteiger partial charge in [-0.05, 0) is 54.5 Å². The Labute approximate surface area is 188 Å². The van der Waals surface area contributed by atoms with Gasteiger partial charge < -0.3 is 25.0 Å². The lowest BCUT2D eigenvalue weighted by atomic mass is 10.0. The summed E-state index contributed by atoms with van der Waals surface area (Å²) in [6.45, 7) is 4.29. The van der Waals surface area contributed by atoms with Gasteiger partial charge in [-0.3, -0.25) is 0 Å². The number of hydrogen-bond donors (Lipinski definition) is 3. The Morgan fingerprint density at radius 2 is 2.00 bits per heavy atom. The number of nitrogens with one attached hydrogen (secondary N) is 2. The normalized spacial score (nSPS) is 14.0. The van der Waals surface area contributed by atoms with Crippen molar-refractivity contribution < 1.29 is 14.6 Å². The number of H-pyrrole nitrogens is 1. The number of rotatable bonds is 6. The zero-order valence-corrected chi connectivity index (χ0v) is 18.4. The molecule has 0 saturated carbocycles. The van der Waals surface area contributed by atoms with E-state index in [2.05, 4.69) is 41.2 Å². The Kier molecular flexibility index (Phi) is 6.98. The third-order valence-corrected chi connectivity index (χ3v) is 5.92. The molecule has 6 nitrogen and oxygen atoms in total. The molecule has 1 aliphatic heterocycles. The van der Waals surface area contributed by atoms with Crippen LogP contribution in [0.25, 0.3) is 10.9 Å². The van der Waals surface area contributed by atoms with E-state index in [9.17, 15) is 9.90 Å². The molecule has 6 heteroatoms. The summed E-state index contributed by atoms with van der Waals surface area (Å²) in [6, 6.07) is 16.2. The molecule has 0 atom stereocenters. The van der Waals surface area contributed by atoms with Crippen LogP contribution in [-0.2, 0) is 17.7 Å². The highest BCUT2D eigenvalue weighted by molar-refractivity contribution is 5.86. The predicted molar refractivity (Wildman–Crippen MR) is 127 cm³/mol. The van der Waals surface area contributed by atoms with Crippen LogP contribution in [0.2, 0.25) is 0 Å². The highest BCUT2D eigenvalue weighted by Gasteiger charge is 2.25. The summed E-state index contributed by atoms with van der Waals surface area (Å²) in [7, 11) is 0. The van der Waals surface area contributed by atoms with E-state index in [1.54, 1.807) is 4.90 Å². The summed E-state index contributed by atoms with van der Waals surface area (Å²) >= 11 is 0. The topological polar surface area (TPSA) is 77.6 Å². The largest absolute Gasteiger partial charge is 0.465 e. The molecule has 3 aromatic rings. The molecule has 1 amide bonds. The summed E-state index contributed by atoms with van der Waals surface area (Å²) in [4.78, 5) is 16.9. The van der Waals surface area contributed by atoms with Crippen molar-refractivity contribution in [2.24, 2.45) is 0 Å². The molecule has 166 valence electrons. The van der Waals surface area contributed by atoms with Gasteiger partial charge in [0.15, 0.2) is 0 Å². The van der Waals surface area contributed by atoms with Crippen LogP contribution in [0.4, 0.5) is 10.5 Å². The number of carbonyl (C=O) groups is 1. The summed E-state index contributed by atoms with van der Waals surface area (Å²) in [5.41, 5.74) is 5.14. The average Bonchev–Trinajstić information content (AvgIpc) is 3.18. The van der Waals surface area contributed by atoms with Crippen molar-refractivity contribution in [3.05, 3.63) is 65.4 Å². The minimum Gasteiger partial charge on any atom is -0.465 e.